The zero-order valence-corrected chi connectivity index (χ0v) is 12.2. The summed E-state index contributed by atoms with van der Waals surface area (Å²) in [5.74, 6) is -0.347. The van der Waals surface area contributed by atoms with Crippen molar-refractivity contribution in [3.63, 3.8) is 0 Å². The van der Waals surface area contributed by atoms with Crippen LogP contribution < -0.4 is 0 Å². The van der Waals surface area contributed by atoms with Gasteiger partial charge >= 0.3 is 5.97 Å². The predicted octanol–water partition coefficient (Wildman–Crippen LogP) is 4.39. The molecular weight excluding hydrogens is 276 g/mol. The van der Waals surface area contributed by atoms with Crippen LogP contribution in [0.4, 0.5) is 0 Å². The van der Waals surface area contributed by atoms with Crippen molar-refractivity contribution in [3.8, 4) is 16.9 Å². The van der Waals surface area contributed by atoms with Crippen molar-refractivity contribution >= 4 is 16.7 Å². The second-order valence-corrected chi connectivity index (χ2v) is 4.95. The first-order valence-electron chi connectivity index (χ1n) is 7.19. The molecule has 0 aliphatic carbocycles. The van der Waals surface area contributed by atoms with Crippen molar-refractivity contribution in [1.82, 2.24) is 0 Å². The molecule has 3 heteroatoms. The normalized spacial score (nSPS) is 10.6. The largest absolute Gasteiger partial charge is 0.507 e. The van der Waals surface area contributed by atoms with Crippen LogP contribution in [0.5, 0.6) is 5.75 Å². The molecule has 1 N–H and O–H groups in total. The highest BCUT2D eigenvalue weighted by Gasteiger charge is 2.19. The highest BCUT2D eigenvalue weighted by Crippen LogP contribution is 2.37. The third-order valence-electron chi connectivity index (χ3n) is 3.58. The Bertz CT molecular complexity index is 823. The summed E-state index contributed by atoms with van der Waals surface area (Å²) in [6, 6.07) is 18.6. The lowest BCUT2D eigenvalue weighted by Crippen LogP contribution is -2.07. The van der Waals surface area contributed by atoms with Gasteiger partial charge in [-0.1, -0.05) is 54.6 Å². The van der Waals surface area contributed by atoms with E-state index in [4.69, 9.17) is 4.74 Å². The number of carbonyl (C=O) groups excluding carboxylic acids is 1. The number of rotatable bonds is 3. The van der Waals surface area contributed by atoms with Crippen LogP contribution >= 0.6 is 0 Å². The van der Waals surface area contributed by atoms with Crippen molar-refractivity contribution in [2.45, 2.75) is 6.92 Å². The Morgan fingerprint density at radius 3 is 2.32 bits per heavy atom. The van der Waals surface area contributed by atoms with Crippen LogP contribution in [0.3, 0.4) is 0 Å². The van der Waals surface area contributed by atoms with E-state index in [9.17, 15) is 9.90 Å². The summed E-state index contributed by atoms with van der Waals surface area (Å²) in [4.78, 5) is 12.3. The molecule has 3 aromatic carbocycles. The van der Waals surface area contributed by atoms with Crippen LogP contribution in [0.15, 0.2) is 60.7 Å². The minimum absolute atomic E-state index is 0.0818. The minimum Gasteiger partial charge on any atom is -0.507 e. The van der Waals surface area contributed by atoms with Crippen molar-refractivity contribution in [2.75, 3.05) is 6.61 Å². The summed E-state index contributed by atoms with van der Waals surface area (Å²) in [5, 5.41) is 11.8. The lowest BCUT2D eigenvalue weighted by atomic mass is 9.92. The summed E-state index contributed by atoms with van der Waals surface area (Å²) in [7, 11) is 0. The van der Waals surface area contributed by atoms with Gasteiger partial charge in [0.2, 0.25) is 0 Å². The standard InChI is InChI=1S/C19H16O3/c1-2-22-19(21)16-12-17(20)14-10-6-7-11-15(14)18(16)13-8-4-3-5-9-13/h3-12,20H,2H2,1H3. The minimum atomic E-state index is -0.428. The van der Waals surface area contributed by atoms with E-state index in [1.54, 1.807) is 6.92 Å². The Morgan fingerprint density at radius 1 is 1.00 bits per heavy atom. The molecule has 0 aliphatic rings. The Hall–Kier alpha value is -2.81. The lowest BCUT2D eigenvalue weighted by Gasteiger charge is -2.14. The topological polar surface area (TPSA) is 46.5 Å². The molecule has 0 spiro atoms. The fraction of sp³-hybridized carbons (Fsp3) is 0.105. The number of phenolic OH excluding ortho intramolecular Hbond substituents is 1. The van der Waals surface area contributed by atoms with E-state index >= 15 is 0 Å². The second kappa shape index (κ2) is 5.90. The Balaban J connectivity index is 2.37. The van der Waals surface area contributed by atoms with Crippen molar-refractivity contribution < 1.29 is 14.6 Å². The van der Waals surface area contributed by atoms with Gasteiger partial charge in [0.25, 0.3) is 0 Å². The molecule has 0 saturated heterocycles. The number of fused-ring (bicyclic) bond motifs is 1. The highest BCUT2D eigenvalue weighted by molar-refractivity contribution is 6.10. The molecule has 0 aliphatic heterocycles. The van der Waals surface area contributed by atoms with Crippen molar-refractivity contribution in [3.05, 3.63) is 66.2 Å². The number of ether oxygens (including phenoxy) is 1. The van der Waals surface area contributed by atoms with Gasteiger partial charge in [0.05, 0.1) is 12.2 Å². The van der Waals surface area contributed by atoms with E-state index in [2.05, 4.69) is 0 Å². The molecule has 0 unspecified atom stereocenters. The number of hydrogen-bond acceptors (Lipinski definition) is 3. The molecule has 0 saturated carbocycles. The molecule has 3 rings (SSSR count). The Labute approximate surface area is 128 Å². The Kier molecular flexibility index (Phi) is 3.79. The summed E-state index contributed by atoms with van der Waals surface area (Å²) >= 11 is 0. The molecule has 0 radical (unpaired) electrons. The van der Waals surface area contributed by atoms with E-state index in [0.29, 0.717) is 12.2 Å². The van der Waals surface area contributed by atoms with Crippen LogP contribution in [-0.4, -0.2) is 17.7 Å². The number of hydrogen-bond donors (Lipinski definition) is 1. The first kappa shape index (κ1) is 14.1. The first-order chi connectivity index (χ1) is 10.7. The number of benzene rings is 3. The van der Waals surface area contributed by atoms with Gasteiger partial charge < -0.3 is 9.84 Å². The molecule has 0 amide bonds. The second-order valence-electron chi connectivity index (χ2n) is 4.95. The zero-order valence-electron chi connectivity index (χ0n) is 12.2. The average molecular weight is 292 g/mol. The van der Waals surface area contributed by atoms with Gasteiger partial charge in [-0.2, -0.15) is 0 Å². The average Bonchev–Trinajstić information content (AvgIpc) is 2.56. The number of esters is 1. The first-order valence-corrected chi connectivity index (χ1v) is 7.19. The molecule has 0 bridgehead atoms. The van der Waals surface area contributed by atoms with Crippen LogP contribution in [-0.2, 0) is 4.74 Å². The monoisotopic (exact) mass is 292 g/mol. The van der Waals surface area contributed by atoms with Crippen molar-refractivity contribution in [1.29, 1.82) is 0 Å². The third-order valence-corrected chi connectivity index (χ3v) is 3.58. The maximum atomic E-state index is 12.3. The lowest BCUT2D eigenvalue weighted by molar-refractivity contribution is 0.0527. The maximum Gasteiger partial charge on any atom is 0.338 e. The smallest absolute Gasteiger partial charge is 0.338 e. The summed E-state index contributed by atoms with van der Waals surface area (Å²) < 4.78 is 5.14. The van der Waals surface area contributed by atoms with Gasteiger partial charge in [0.15, 0.2) is 0 Å². The van der Waals surface area contributed by atoms with Crippen LogP contribution in [0.1, 0.15) is 17.3 Å². The maximum absolute atomic E-state index is 12.3. The van der Waals surface area contributed by atoms with Gasteiger partial charge in [-0.05, 0) is 23.9 Å². The predicted molar refractivity (Wildman–Crippen MR) is 87.0 cm³/mol. The molecule has 0 heterocycles. The molecule has 110 valence electrons. The number of aromatic hydroxyl groups is 1. The van der Waals surface area contributed by atoms with Crippen LogP contribution in [0.25, 0.3) is 21.9 Å². The highest BCUT2D eigenvalue weighted by atomic mass is 16.5. The van der Waals surface area contributed by atoms with Crippen LogP contribution in [0.2, 0.25) is 0 Å². The van der Waals surface area contributed by atoms with E-state index in [1.807, 2.05) is 54.6 Å². The molecule has 3 aromatic rings. The van der Waals surface area contributed by atoms with Gasteiger partial charge in [-0.15, -0.1) is 0 Å². The molecule has 0 atom stereocenters. The van der Waals surface area contributed by atoms with Gasteiger partial charge in [-0.25, -0.2) is 4.79 Å². The van der Waals surface area contributed by atoms with E-state index in [0.717, 1.165) is 21.9 Å². The SMILES string of the molecule is CCOC(=O)c1cc(O)c2ccccc2c1-c1ccccc1. The summed E-state index contributed by atoms with van der Waals surface area (Å²) in [5.41, 5.74) is 2.08. The third kappa shape index (κ3) is 2.42. The van der Waals surface area contributed by atoms with E-state index in [-0.39, 0.29) is 5.75 Å². The fourth-order valence-electron chi connectivity index (χ4n) is 2.64. The number of carbonyl (C=O) groups is 1. The van der Waals surface area contributed by atoms with Gasteiger partial charge in [-0.3, -0.25) is 0 Å². The Morgan fingerprint density at radius 2 is 1.64 bits per heavy atom. The summed E-state index contributed by atoms with van der Waals surface area (Å²) in [6.07, 6.45) is 0. The fourth-order valence-corrected chi connectivity index (χ4v) is 2.64. The van der Waals surface area contributed by atoms with Crippen molar-refractivity contribution in [2.24, 2.45) is 0 Å². The molecule has 22 heavy (non-hydrogen) atoms. The number of phenols is 1. The molecule has 0 aromatic heterocycles. The van der Waals surface area contributed by atoms with Gasteiger partial charge in [0, 0.05) is 10.9 Å². The molecule has 3 nitrogen and oxygen atoms in total. The summed E-state index contributed by atoms with van der Waals surface area (Å²) in [6.45, 7) is 2.06. The van der Waals surface area contributed by atoms with E-state index in [1.165, 1.54) is 6.07 Å². The van der Waals surface area contributed by atoms with Gasteiger partial charge in [0.1, 0.15) is 5.75 Å². The van der Waals surface area contributed by atoms with Crippen LogP contribution in [0, 0.1) is 0 Å². The molecule has 0 fully saturated rings. The molecular formula is C19H16O3. The quantitative estimate of drug-likeness (QED) is 0.728. The van der Waals surface area contributed by atoms with E-state index < -0.39 is 5.97 Å². The zero-order chi connectivity index (χ0) is 15.5.